The van der Waals surface area contributed by atoms with Gasteiger partial charge in [-0.1, -0.05) is 6.07 Å². The molecule has 0 spiro atoms. The molecule has 0 radical (unpaired) electrons. The van der Waals surface area contributed by atoms with Crippen molar-refractivity contribution in [3.63, 3.8) is 0 Å². The molecule has 7 nitrogen and oxygen atoms in total. The van der Waals surface area contributed by atoms with Crippen LogP contribution in [0.2, 0.25) is 0 Å². The molecule has 0 N–H and O–H groups in total. The first-order chi connectivity index (χ1) is 10.5. The molecule has 0 saturated carbocycles. The van der Waals surface area contributed by atoms with Crippen molar-refractivity contribution in [1.29, 1.82) is 0 Å². The van der Waals surface area contributed by atoms with Crippen LogP contribution in [0.1, 0.15) is 11.3 Å². The van der Waals surface area contributed by atoms with Gasteiger partial charge in [0.15, 0.2) is 10.7 Å². The minimum Gasteiger partial charge on any atom is -0.480 e. The Hall–Kier alpha value is -2.74. The molecule has 0 aliphatic carbocycles. The van der Waals surface area contributed by atoms with Crippen molar-refractivity contribution in [3.8, 4) is 5.75 Å². The lowest BCUT2D eigenvalue weighted by molar-refractivity contribution is -0.386. The molecule has 2 aromatic heterocycles. The highest BCUT2D eigenvalue weighted by Crippen LogP contribution is 2.28. The standard InChI is InChI=1S/C14H11N3O4S/c1-9-2-3-12(11(6-9)17(19)20)21-8-10-7-13(18)16-4-5-22-14(16)15-10/h2-7H,8H2,1H3. The Kier molecular flexibility index (Phi) is 3.60. The summed E-state index contributed by atoms with van der Waals surface area (Å²) in [4.78, 5) is 27.3. The molecule has 3 rings (SSSR count). The van der Waals surface area contributed by atoms with E-state index in [9.17, 15) is 14.9 Å². The third kappa shape index (κ3) is 2.68. The van der Waals surface area contributed by atoms with Crippen LogP contribution in [0, 0.1) is 17.0 Å². The molecule has 112 valence electrons. The number of nitrogens with zero attached hydrogens (tertiary/aromatic N) is 3. The summed E-state index contributed by atoms with van der Waals surface area (Å²) in [6, 6.07) is 6.08. The number of aromatic nitrogens is 2. The molecule has 3 aromatic rings. The van der Waals surface area contributed by atoms with Crippen LogP contribution in [0.3, 0.4) is 0 Å². The van der Waals surface area contributed by atoms with Crippen LogP contribution < -0.4 is 10.3 Å². The Morgan fingerprint density at radius 3 is 3.00 bits per heavy atom. The van der Waals surface area contributed by atoms with Gasteiger partial charge in [0.25, 0.3) is 5.56 Å². The largest absolute Gasteiger partial charge is 0.480 e. The fourth-order valence-electron chi connectivity index (χ4n) is 2.01. The summed E-state index contributed by atoms with van der Waals surface area (Å²) in [7, 11) is 0. The van der Waals surface area contributed by atoms with Crippen molar-refractivity contribution in [2.75, 3.05) is 0 Å². The van der Waals surface area contributed by atoms with Crippen LogP contribution in [0.5, 0.6) is 5.75 Å². The van der Waals surface area contributed by atoms with Gasteiger partial charge in [0.2, 0.25) is 0 Å². The second kappa shape index (κ2) is 5.57. The van der Waals surface area contributed by atoms with Gasteiger partial charge in [-0.25, -0.2) is 4.98 Å². The molecule has 0 atom stereocenters. The van der Waals surface area contributed by atoms with Crippen molar-refractivity contribution in [1.82, 2.24) is 9.38 Å². The van der Waals surface area contributed by atoms with E-state index < -0.39 is 4.92 Å². The van der Waals surface area contributed by atoms with Crippen molar-refractivity contribution in [3.05, 3.63) is 67.6 Å². The van der Waals surface area contributed by atoms with Crippen LogP contribution in [-0.4, -0.2) is 14.3 Å². The lowest BCUT2D eigenvalue weighted by Gasteiger charge is -2.07. The highest BCUT2D eigenvalue weighted by Gasteiger charge is 2.15. The Morgan fingerprint density at radius 2 is 2.23 bits per heavy atom. The van der Waals surface area contributed by atoms with E-state index >= 15 is 0 Å². The van der Waals surface area contributed by atoms with E-state index in [0.29, 0.717) is 10.7 Å². The SMILES string of the molecule is Cc1ccc(OCc2cc(=O)n3ccsc3n2)c([N+](=O)[O-])c1. The van der Waals surface area contributed by atoms with E-state index in [1.54, 1.807) is 30.6 Å². The summed E-state index contributed by atoms with van der Waals surface area (Å²) < 4.78 is 6.91. The third-order valence-corrected chi connectivity index (χ3v) is 3.80. The predicted molar refractivity (Wildman–Crippen MR) is 81.5 cm³/mol. The number of hydrogen-bond donors (Lipinski definition) is 0. The van der Waals surface area contributed by atoms with Gasteiger partial charge in [0, 0.05) is 23.7 Å². The van der Waals surface area contributed by atoms with Gasteiger partial charge >= 0.3 is 5.69 Å². The van der Waals surface area contributed by atoms with E-state index in [-0.39, 0.29) is 23.6 Å². The normalized spacial score (nSPS) is 10.8. The molecule has 0 bridgehead atoms. The number of rotatable bonds is 4. The Bertz CT molecular complexity index is 916. The smallest absolute Gasteiger partial charge is 0.311 e. The highest BCUT2D eigenvalue weighted by molar-refractivity contribution is 7.15. The van der Waals surface area contributed by atoms with E-state index in [0.717, 1.165) is 5.56 Å². The van der Waals surface area contributed by atoms with Gasteiger partial charge in [-0.15, -0.1) is 11.3 Å². The molecule has 8 heteroatoms. The van der Waals surface area contributed by atoms with Gasteiger partial charge in [-0.3, -0.25) is 19.3 Å². The number of ether oxygens (including phenoxy) is 1. The van der Waals surface area contributed by atoms with Crippen molar-refractivity contribution < 1.29 is 9.66 Å². The first-order valence-electron chi connectivity index (χ1n) is 6.38. The summed E-state index contributed by atoms with van der Waals surface area (Å²) in [5.41, 5.74) is 0.898. The van der Waals surface area contributed by atoms with Crippen LogP contribution in [0.25, 0.3) is 4.96 Å². The number of nitro groups is 1. The molecule has 0 unspecified atom stereocenters. The summed E-state index contributed by atoms with van der Waals surface area (Å²) in [6.45, 7) is 1.76. The molecular formula is C14H11N3O4S. The predicted octanol–water partition coefficient (Wildman–Crippen LogP) is 2.55. The first kappa shape index (κ1) is 14.2. The molecule has 0 aliphatic heterocycles. The maximum Gasteiger partial charge on any atom is 0.311 e. The molecule has 0 fully saturated rings. The Labute approximate surface area is 128 Å². The number of hydrogen-bond acceptors (Lipinski definition) is 6. The first-order valence-corrected chi connectivity index (χ1v) is 7.26. The zero-order valence-electron chi connectivity index (χ0n) is 11.6. The van der Waals surface area contributed by atoms with E-state index in [1.807, 2.05) is 0 Å². The van der Waals surface area contributed by atoms with Crippen LogP contribution >= 0.6 is 11.3 Å². The fraction of sp³-hybridized carbons (Fsp3) is 0.143. The lowest BCUT2D eigenvalue weighted by Crippen LogP contribution is -2.14. The second-order valence-corrected chi connectivity index (χ2v) is 5.53. The van der Waals surface area contributed by atoms with Gasteiger partial charge in [0.1, 0.15) is 6.61 Å². The molecule has 0 amide bonds. The molecular weight excluding hydrogens is 306 g/mol. The second-order valence-electron chi connectivity index (χ2n) is 4.66. The summed E-state index contributed by atoms with van der Waals surface area (Å²) >= 11 is 1.34. The molecule has 22 heavy (non-hydrogen) atoms. The summed E-state index contributed by atoms with van der Waals surface area (Å²) in [5.74, 6) is 0.156. The minimum absolute atomic E-state index is 0.00641. The molecule has 1 aromatic carbocycles. The number of aryl methyl sites for hydroxylation is 1. The summed E-state index contributed by atoms with van der Waals surface area (Å²) in [5, 5.41) is 12.8. The van der Waals surface area contributed by atoms with E-state index in [1.165, 1.54) is 27.9 Å². The van der Waals surface area contributed by atoms with Crippen molar-refractivity contribution >= 4 is 22.0 Å². The Morgan fingerprint density at radius 1 is 1.41 bits per heavy atom. The number of nitro benzene ring substituents is 1. The molecule has 0 saturated heterocycles. The monoisotopic (exact) mass is 317 g/mol. The minimum atomic E-state index is -0.493. The molecule has 2 heterocycles. The number of thiazole rings is 1. The molecule has 0 aliphatic rings. The van der Waals surface area contributed by atoms with Crippen molar-refractivity contribution in [2.24, 2.45) is 0 Å². The quantitative estimate of drug-likeness (QED) is 0.545. The van der Waals surface area contributed by atoms with Gasteiger partial charge in [0.05, 0.1) is 10.6 Å². The maximum absolute atomic E-state index is 11.9. The fourth-order valence-corrected chi connectivity index (χ4v) is 2.74. The topological polar surface area (TPSA) is 86.7 Å². The van der Waals surface area contributed by atoms with Gasteiger partial charge in [-0.05, 0) is 18.6 Å². The zero-order chi connectivity index (χ0) is 15.7. The average Bonchev–Trinajstić information content (AvgIpc) is 2.94. The number of benzene rings is 1. The number of fused-ring (bicyclic) bond motifs is 1. The Balaban J connectivity index is 1.88. The van der Waals surface area contributed by atoms with Gasteiger partial charge < -0.3 is 4.74 Å². The van der Waals surface area contributed by atoms with Crippen LogP contribution in [0.4, 0.5) is 5.69 Å². The van der Waals surface area contributed by atoms with Crippen molar-refractivity contribution in [2.45, 2.75) is 13.5 Å². The highest BCUT2D eigenvalue weighted by atomic mass is 32.1. The zero-order valence-corrected chi connectivity index (χ0v) is 12.4. The van der Waals surface area contributed by atoms with E-state index in [2.05, 4.69) is 4.98 Å². The maximum atomic E-state index is 11.9. The van der Waals surface area contributed by atoms with Crippen LogP contribution in [-0.2, 0) is 6.61 Å². The van der Waals surface area contributed by atoms with Crippen LogP contribution in [0.15, 0.2) is 40.6 Å². The van der Waals surface area contributed by atoms with Gasteiger partial charge in [-0.2, -0.15) is 0 Å². The van der Waals surface area contributed by atoms with E-state index in [4.69, 9.17) is 4.74 Å². The average molecular weight is 317 g/mol. The third-order valence-electron chi connectivity index (χ3n) is 3.04. The lowest BCUT2D eigenvalue weighted by atomic mass is 10.2. The summed E-state index contributed by atoms with van der Waals surface area (Å²) in [6.07, 6.45) is 1.64.